The summed E-state index contributed by atoms with van der Waals surface area (Å²) in [6.07, 6.45) is 0. The van der Waals surface area contributed by atoms with Crippen LogP contribution in [0.2, 0.25) is 0 Å². The van der Waals surface area contributed by atoms with Gasteiger partial charge in [0.2, 0.25) is 0 Å². The summed E-state index contributed by atoms with van der Waals surface area (Å²) in [5.41, 5.74) is 5.75. The summed E-state index contributed by atoms with van der Waals surface area (Å²) < 4.78 is 5.58. The molecular formula is C30H31N3O2. The van der Waals surface area contributed by atoms with Crippen molar-refractivity contribution in [1.29, 1.82) is 0 Å². The minimum absolute atomic E-state index is 0.0613. The molecule has 1 fully saturated rings. The second-order valence-corrected chi connectivity index (χ2v) is 9.16. The van der Waals surface area contributed by atoms with E-state index in [1.165, 1.54) is 11.3 Å². The van der Waals surface area contributed by atoms with Crippen LogP contribution in [0, 0.1) is 6.92 Å². The SMILES string of the molecule is CCOc1ccc(-c2cc(C(=O)N3CCN(c4ccc(C)cc4)C(C)C3)c3ccccc3n2)cc1. The van der Waals surface area contributed by atoms with E-state index in [1.54, 1.807) is 0 Å². The zero-order valence-corrected chi connectivity index (χ0v) is 20.6. The van der Waals surface area contributed by atoms with Crippen molar-refractivity contribution in [2.24, 2.45) is 0 Å². The van der Waals surface area contributed by atoms with E-state index in [9.17, 15) is 4.79 Å². The third kappa shape index (κ3) is 4.72. The number of rotatable bonds is 5. The molecule has 0 spiro atoms. The first-order valence-corrected chi connectivity index (χ1v) is 12.3. The molecule has 1 atom stereocenters. The number of anilines is 1. The van der Waals surface area contributed by atoms with Crippen LogP contribution in [0.5, 0.6) is 5.75 Å². The van der Waals surface area contributed by atoms with Gasteiger partial charge in [-0.1, -0.05) is 35.9 Å². The third-order valence-electron chi connectivity index (χ3n) is 6.69. The highest BCUT2D eigenvalue weighted by Crippen LogP contribution is 2.28. The van der Waals surface area contributed by atoms with Gasteiger partial charge in [-0.15, -0.1) is 0 Å². The zero-order valence-electron chi connectivity index (χ0n) is 20.6. The maximum atomic E-state index is 13.8. The number of piperazine rings is 1. The van der Waals surface area contributed by atoms with E-state index in [1.807, 2.05) is 66.4 Å². The summed E-state index contributed by atoms with van der Waals surface area (Å²) in [6, 6.07) is 26.6. The number of aromatic nitrogens is 1. The predicted molar refractivity (Wildman–Crippen MR) is 142 cm³/mol. The lowest BCUT2D eigenvalue weighted by Gasteiger charge is -2.41. The predicted octanol–water partition coefficient (Wildman–Crippen LogP) is 5.96. The molecule has 0 saturated carbocycles. The van der Waals surface area contributed by atoms with Crippen LogP contribution < -0.4 is 9.64 Å². The molecule has 1 aliphatic rings. The molecule has 1 aliphatic heterocycles. The number of pyridine rings is 1. The molecule has 1 amide bonds. The van der Waals surface area contributed by atoms with E-state index in [2.05, 4.69) is 43.0 Å². The maximum absolute atomic E-state index is 13.8. The molecule has 0 aliphatic carbocycles. The van der Waals surface area contributed by atoms with Crippen LogP contribution >= 0.6 is 0 Å². The van der Waals surface area contributed by atoms with Crippen LogP contribution in [-0.2, 0) is 0 Å². The van der Waals surface area contributed by atoms with Crippen molar-refractivity contribution in [3.63, 3.8) is 0 Å². The van der Waals surface area contributed by atoms with Gasteiger partial charge in [0.15, 0.2) is 0 Å². The highest BCUT2D eigenvalue weighted by molar-refractivity contribution is 6.07. The molecule has 178 valence electrons. The van der Waals surface area contributed by atoms with Crippen molar-refractivity contribution >= 4 is 22.5 Å². The number of benzene rings is 3. The summed E-state index contributed by atoms with van der Waals surface area (Å²) in [4.78, 5) is 23.1. The third-order valence-corrected chi connectivity index (χ3v) is 6.69. The van der Waals surface area contributed by atoms with Crippen molar-refractivity contribution in [2.45, 2.75) is 26.8 Å². The van der Waals surface area contributed by atoms with Gasteiger partial charge in [-0.25, -0.2) is 4.98 Å². The standard InChI is InChI=1S/C30H31N3O2/c1-4-35-25-15-11-23(12-16-25)29-19-27(26-7-5-6-8-28(26)31-29)30(34)32-17-18-33(22(3)20-32)24-13-9-21(2)10-14-24/h5-16,19,22H,4,17-18,20H2,1-3H3. The lowest BCUT2D eigenvalue weighted by molar-refractivity contribution is 0.0728. The van der Waals surface area contributed by atoms with Crippen molar-refractivity contribution in [3.8, 4) is 17.0 Å². The number of hydrogen-bond acceptors (Lipinski definition) is 4. The Hall–Kier alpha value is -3.86. The van der Waals surface area contributed by atoms with Crippen molar-refractivity contribution in [3.05, 3.63) is 90.0 Å². The minimum Gasteiger partial charge on any atom is -0.494 e. The fourth-order valence-corrected chi connectivity index (χ4v) is 4.82. The van der Waals surface area contributed by atoms with Gasteiger partial charge in [-0.2, -0.15) is 0 Å². The van der Waals surface area contributed by atoms with Crippen LogP contribution in [0.15, 0.2) is 78.9 Å². The van der Waals surface area contributed by atoms with E-state index in [4.69, 9.17) is 9.72 Å². The van der Waals surface area contributed by atoms with Gasteiger partial charge >= 0.3 is 0 Å². The summed E-state index contributed by atoms with van der Waals surface area (Å²) in [5, 5.41) is 0.890. The molecule has 5 nitrogen and oxygen atoms in total. The number of para-hydroxylation sites is 1. The number of amides is 1. The van der Waals surface area contributed by atoms with Gasteiger partial charge < -0.3 is 14.5 Å². The van der Waals surface area contributed by atoms with Gasteiger partial charge in [0.1, 0.15) is 5.75 Å². The fourth-order valence-electron chi connectivity index (χ4n) is 4.82. The Bertz CT molecular complexity index is 1330. The normalized spacial score (nSPS) is 15.9. The molecule has 35 heavy (non-hydrogen) atoms. The van der Waals surface area contributed by atoms with E-state index < -0.39 is 0 Å². The molecular weight excluding hydrogens is 434 g/mol. The van der Waals surface area contributed by atoms with E-state index in [-0.39, 0.29) is 11.9 Å². The maximum Gasteiger partial charge on any atom is 0.254 e. The number of aryl methyl sites for hydroxylation is 1. The molecule has 0 N–H and O–H groups in total. The Morgan fingerprint density at radius 3 is 2.46 bits per heavy atom. The van der Waals surface area contributed by atoms with Gasteiger partial charge in [-0.05, 0) is 69.3 Å². The average molecular weight is 466 g/mol. The molecule has 0 bridgehead atoms. The lowest BCUT2D eigenvalue weighted by atomic mass is 10.0. The Labute approximate surface area is 207 Å². The number of ether oxygens (including phenoxy) is 1. The van der Waals surface area contributed by atoms with Crippen LogP contribution in [0.3, 0.4) is 0 Å². The fraction of sp³-hybridized carbons (Fsp3) is 0.267. The van der Waals surface area contributed by atoms with Gasteiger partial charge in [-0.3, -0.25) is 4.79 Å². The van der Waals surface area contributed by atoms with Crippen LogP contribution in [0.25, 0.3) is 22.2 Å². The first-order chi connectivity index (χ1) is 17.0. The largest absolute Gasteiger partial charge is 0.494 e. The number of carbonyl (C=O) groups excluding carboxylic acids is 1. The molecule has 4 aromatic rings. The Balaban J connectivity index is 1.44. The minimum atomic E-state index is 0.0613. The molecule has 1 unspecified atom stereocenters. The Morgan fingerprint density at radius 1 is 1.00 bits per heavy atom. The number of hydrogen-bond donors (Lipinski definition) is 0. The summed E-state index contributed by atoms with van der Waals surface area (Å²) in [7, 11) is 0. The molecule has 5 rings (SSSR count). The molecule has 2 heterocycles. The van der Waals surface area contributed by atoms with Gasteiger partial charge in [0.05, 0.1) is 23.4 Å². The number of carbonyl (C=O) groups is 1. The molecule has 1 saturated heterocycles. The zero-order chi connectivity index (χ0) is 24.4. The summed E-state index contributed by atoms with van der Waals surface area (Å²) in [6.45, 7) is 9.07. The molecule has 3 aromatic carbocycles. The number of fused-ring (bicyclic) bond motifs is 1. The van der Waals surface area contributed by atoms with E-state index in [0.717, 1.165) is 34.5 Å². The number of nitrogens with zero attached hydrogens (tertiary/aromatic N) is 3. The van der Waals surface area contributed by atoms with Gasteiger partial charge in [0.25, 0.3) is 5.91 Å². The average Bonchev–Trinajstić information content (AvgIpc) is 2.89. The monoisotopic (exact) mass is 465 g/mol. The second-order valence-electron chi connectivity index (χ2n) is 9.16. The van der Waals surface area contributed by atoms with Crippen LogP contribution in [0.4, 0.5) is 5.69 Å². The topological polar surface area (TPSA) is 45.7 Å². The Morgan fingerprint density at radius 2 is 1.74 bits per heavy atom. The van der Waals surface area contributed by atoms with Crippen LogP contribution in [0.1, 0.15) is 29.8 Å². The first kappa shape index (κ1) is 22.9. The van der Waals surface area contributed by atoms with Crippen molar-refractivity contribution in [2.75, 3.05) is 31.1 Å². The molecule has 5 heteroatoms. The summed E-state index contributed by atoms with van der Waals surface area (Å²) in [5.74, 6) is 0.889. The quantitative estimate of drug-likeness (QED) is 0.365. The summed E-state index contributed by atoms with van der Waals surface area (Å²) >= 11 is 0. The highest BCUT2D eigenvalue weighted by atomic mass is 16.5. The smallest absolute Gasteiger partial charge is 0.254 e. The van der Waals surface area contributed by atoms with E-state index in [0.29, 0.717) is 25.3 Å². The lowest BCUT2D eigenvalue weighted by Crippen LogP contribution is -2.53. The van der Waals surface area contributed by atoms with Gasteiger partial charge in [0, 0.05) is 42.3 Å². The highest BCUT2D eigenvalue weighted by Gasteiger charge is 2.28. The molecule has 0 radical (unpaired) electrons. The Kier molecular flexibility index (Phi) is 6.41. The van der Waals surface area contributed by atoms with Crippen LogP contribution in [-0.4, -0.2) is 48.1 Å². The van der Waals surface area contributed by atoms with Crippen molar-refractivity contribution < 1.29 is 9.53 Å². The van der Waals surface area contributed by atoms with Crippen molar-refractivity contribution in [1.82, 2.24) is 9.88 Å². The first-order valence-electron chi connectivity index (χ1n) is 12.3. The molecule has 1 aromatic heterocycles. The van der Waals surface area contributed by atoms with E-state index >= 15 is 0 Å². The second kappa shape index (κ2) is 9.79.